The van der Waals surface area contributed by atoms with E-state index in [1.54, 1.807) is 0 Å². The average Bonchev–Trinajstić information content (AvgIpc) is 3.02. The van der Waals surface area contributed by atoms with Crippen molar-refractivity contribution in [3.63, 3.8) is 0 Å². The maximum atomic E-state index is 8.49. The van der Waals surface area contributed by atoms with Crippen LogP contribution < -0.4 is 23.1 Å². The first-order chi connectivity index (χ1) is 20.3. The van der Waals surface area contributed by atoms with Gasteiger partial charge in [0.2, 0.25) is 0 Å². The Balaban J connectivity index is 0.000000652. The first-order valence-corrected chi connectivity index (χ1v) is 18.3. The molecule has 8 heteroatoms. The molecule has 0 aromatic heterocycles. The van der Waals surface area contributed by atoms with Crippen molar-refractivity contribution < 1.29 is 32.3 Å². The van der Waals surface area contributed by atoms with E-state index in [-0.39, 0.29) is 15.0 Å². The van der Waals surface area contributed by atoms with Crippen LogP contribution in [0.3, 0.4) is 0 Å². The molecule has 0 fully saturated rings. The molecule has 5 nitrogen and oxygen atoms in total. The molecule has 4 aromatic rings. The second kappa shape index (κ2) is 14.1. The van der Waals surface area contributed by atoms with Crippen LogP contribution in [0.2, 0.25) is 0 Å². The summed E-state index contributed by atoms with van der Waals surface area (Å²) in [4.78, 5) is 2.35. The van der Waals surface area contributed by atoms with E-state index in [4.69, 9.17) is 22.1 Å². The van der Waals surface area contributed by atoms with Crippen LogP contribution in [-0.4, -0.2) is 28.8 Å². The molecule has 0 saturated carbocycles. The molecule has 4 aromatic carbocycles. The van der Waals surface area contributed by atoms with Gasteiger partial charge >= 0.3 is 230 Å². The molecule has 42 heavy (non-hydrogen) atoms. The number of rotatable bonds is 5. The zero-order valence-electron chi connectivity index (χ0n) is 22.2. The summed E-state index contributed by atoms with van der Waals surface area (Å²) in [6, 6.07) is 42.6. The second-order valence-electron chi connectivity index (χ2n) is 9.06. The van der Waals surface area contributed by atoms with Crippen molar-refractivity contribution >= 4 is 48.0 Å². The van der Waals surface area contributed by atoms with Gasteiger partial charge in [0.25, 0.3) is 0 Å². The minimum atomic E-state index is -4.94. The first-order valence-electron chi connectivity index (χ1n) is 12.8. The Morgan fingerprint density at radius 1 is 0.571 bits per heavy atom. The molecular weight excluding hydrogens is 682 g/mol. The summed E-state index contributed by atoms with van der Waals surface area (Å²) in [5.41, 5.74) is 6.14. The molecule has 0 radical (unpaired) electrons. The summed E-state index contributed by atoms with van der Waals surface area (Å²) in [6.45, 7) is 0. The van der Waals surface area contributed by atoms with Gasteiger partial charge < -0.3 is 0 Å². The van der Waals surface area contributed by atoms with Crippen LogP contribution >= 0.6 is 0 Å². The summed E-state index contributed by atoms with van der Waals surface area (Å²) >= 11 is -1.41. The van der Waals surface area contributed by atoms with E-state index in [9.17, 15) is 0 Å². The zero-order valence-corrected chi connectivity index (χ0v) is 26.4. The second-order valence-corrected chi connectivity index (χ2v) is 15.2. The fraction of sp³-hybridized carbons (Fsp3) is 0. The van der Waals surface area contributed by atoms with Crippen molar-refractivity contribution in [2.45, 2.75) is 0 Å². The Kier molecular flexibility index (Phi) is 10.1. The predicted molar refractivity (Wildman–Crippen MR) is 158 cm³/mol. The largest absolute Gasteiger partial charge is 0.222 e. The van der Waals surface area contributed by atoms with E-state index in [0.29, 0.717) is 0 Å². The monoisotopic (exact) mass is 708 g/mol. The number of hydrogen-bond acceptors (Lipinski definition) is 4. The van der Waals surface area contributed by atoms with Crippen molar-refractivity contribution in [1.82, 2.24) is 0 Å². The van der Waals surface area contributed by atoms with Crippen LogP contribution in [0.25, 0.3) is 14.7 Å². The molecule has 2 aliphatic heterocycles. The molecule has 6 rings (SSSR count). The number of allylic oxidation sites excluding steroid dienone is 6. The van der Waals surface area contributed by atoms with Gasteiger partial charge in [-0.15, -0.1) is 10.2 Å². The van der Waals surface area contributed by atoms with E-state index in [2.05, 4.69) is 145 Å². The van der Waals surface area contributed by atoms with E-state index in [1.807, 2.05) is 6.07 Å². The average molecular weight is 707 g/mol. The molecule has 0 saturated heterocycles. The summed E-state index contributed by atoms with van der Waals surface area (Å²) in [5.74, 6) is 0.948. The van der Waals surface area contributed by atoms with Crippen molar-refractivity contribution in [3.05, 3.63) is 178 Å². The molecule has 0 N–H and O–H groups in total. The minimum absolute atomic E-state index is 0.232. The van der Waals surface area contributed by atoms with E-state index in [0.717, 1.165) is 11.3 Å². The Morgan fingerprint density at radius 2 is 1.00 bits per heavy atom. The Labute approximate surface area is 257 Å². The Hall–Kier alpha value is -3.45. The van der Waals surface area contributed by atoms with Crippen LogP contribution in [0.1, 0.15) is 16.7 Å². The smallest absolute Gasteiger partial charge is 0.112 e. The molecule has 0 aliphatic carbocycles. The third-order valence-electron chi connectivity index (χ3n) is 6.02. The van der Waals surface area contributed by atoms with E-state index < -0.39 is 24.1 Å². The van der Waals surface area contributed by atoms with Crippen molar-refractivity contribution in [2.24, 2.45) is 0 Å². The fourth-order valence-electron chi connectivity index (χ4n) is 4.22. The summed E-state index contributed by atoms with van der Waals surface area (Å²) < 4.78 is 44.7. The summed E-state index contributed by atoms with van der Waals surface area (Å²) in [7, 11) is -4.94. The molecule has 0 spiro atoms. The van der Waals surface area contributed by atoms with E-state index in [1.165, 1.54) is 35.7 Å². The Morgan fingerprint density at radius 3 is 1.48 bits per heavy atom. The normalized spacial score (nSPS) is 16.5. The SMILES string of the molecule is C(=C1C=C(c2ccccc2)[Se]C(c2ccccc2)=C1)C1=C[Se](c2ccccc2)=[O+]C(c2ccccc2)=C1.[O-][Cl+3]([O-])([O-])[O-]. The topological polar surface area (TPSA) is 104 Å². The van der Waals surface area contributed by atoms with Gasteiger partial charge in [-0.05, 0) is 0 Å². The Bertz CT molecular complexity index is 1600. The van der Waals surface area contributed by atoms with Crippen LogP contribution in [-0.2, 0) is 3.47 Å². The summed E-state index contributed by atoms with van der Waals surface area (Å²) in [5, 5.41) is 0. The van der Waals surface area contributed by atoms with Crippen molar-refractivity contribution in [1.29, 1.82) is 0 Å². The maximum Gasteiger partial charge on any atom is -0.112 e. The van der Waals surface area contributed by atoms with Gasteiger partial charge in [-0.3, -0.25) is 0 Å². The van der Waals surface area contributed by atoms with Crippen LogP contribution in [0, 0.1) is 10.2 Å². The molecule has 1 atom stereocenters. The third kappa shape index (κ3) is 8.78. The molecule has 2 aliphatic rings. The van der Waals surface area contributed by atoms with Crippen LogP contribution in [0.5, 0.6) is 0 Å². The molecule has 0 bridgehead atoms. The molecule has 1 unspecified atom stereocenters. The first kappa shape index (κ1) is 30.0. The summed E-state index contributed by atoms with van der Waals surface area (Å²) in [6.07, 6.45) is 9.25. The van der Waals surface area contributed by atoms with Crippen LogP contribution in [0.4, 0.5) is 0 Å². The van der Waals surface area contributed by atoms with E-state index >= 15 is 0 Å². The zero-order chi connectivity index (χ0) is 29.4. The quantitative estimate of drug-likeness (QED) is 0.235. The van der Waals surface area contributed by atoms with Gasteiger partial charge in [0.05, 0.1) is 0 Å². The van der Waals surface area contributed by atoms with Crippen molar-refractivity contribution in [2.75, 3.05) is 0 Å². The third-order valence-corrected chi connectivity index (χ3v) is 11.7. The number of halogens is 1. The maximum absolute atomic E-state index is 8.49. The van der Waals surface area contributed by atoms with Gasteiger partial charge in [-0.1, -0.05) is 0 Å². The fourth-order valence-corrected chi connectivity index (χ4v) is 9.60. The van der Waals surface area contributed by atoms with Gasteiger partial charge in [-0.25, -0.2) is 18.6 Å². The predicted octanol–water partition coefficient (Wildman–Crippen LogP) is 2.34. The molecule has 0 amide bonds. The van der Waals surface area contributed by atoms with Crippen molar-refractivity contribution in [3.8, 4) is 0 Å². The molecule has 210 valence electrons. The van der Waals surface area contributed by atoms with Crippen LogP contribution in [0.15, 0.2) is 162 Å². The van der Waals surface area contributed by atoms with Gasteiger partial charge in [0.15, 0.2) is 0 Å². The minimum Gasteiger partial charge on any atom is -0.222 e. The standard InChI is InChI=1S/C34H25OSe2.ClHO4/c1-5-13-28(14-6-1)32-22-27(25-37(35-32)31-19-11-4-12-20-31)21-26-23-33(29-15-7-2-8-16-29)36-34(24-26)30-17-9-3-10-18-30;2-1(3,4)5/h1-25H;(H,2,3,4,5)/q+1;/p-1. The van der Waals surface area contributed by atoms with Gasteiger partial charge in [0.1, 0.15) is 0 Å². The number of hydrogen-bond donors (Lipinski definition) is 0. The molecule has 2 heterocycles. The van der Waals surface area contributed by atoms with Gasteiger partial charge in [-0.2, -0.15) is 0 Å². The van der Waals surface area contributed by atoms with Gasteiger partial charge in [0, 0.05) is 0 Å². The molecular formula is C34H25ClO5Se2. The number of benzene rings is 4.